The fourth-order valence-electron chi connectivity index (χ4n) is 0.956. The number of carbonyl (C=O) groups is 1. The fraction of sp³-hybridized carbons (Fsp3) is 0.200. The molecule has 0 unspecified atom stereocenters. The molecule has 0 radical (unpaired) electrons. The highest BCUT2D eigenvalue weighted by Crippen LogP contribution is 2.20. The lowest BCUT2D eigenvalue weighted by molar-refractivity contribution is -0.142. The third kappa shape index (κ3) is 2.88. The molecule has 0 amide bonds. The molecule has 0 aromatic heterocycles. The van der Waals surface area contributed by atoms with Gasteiger partial charge in [0.1, 0.15) is 11.8 Å². The first-order chi connectivity index (χ1) is 7.17. The average Bonchev–Trinajstić information content (AvgIpc) is 2.26. The number of nitrogen functional groups attached to an aromatic ring is 1. The third-order valence-electron chi connectivity index (χ3n) is 1.70. The number of nitriles is 1. The van der Waals surface area contributed by atoms with Gasteiger partial charge in [-0.2, -0.15) is 5.26 Å². The molecular formula is C10H10N2O3. The van der Waals surface area contributed by atoms with Gasteiger partial charge < -0.3 is 15.2 Å². The maximum atomic E-state index is 10.8. The molecule has 0 spiro atoms. The number of anilines is 1. The van der Waals surface area contributed by atoms with E-state index in [9.17, 15) is 4.79 Å². The van der Waals surface area contributed by atoms with Crippen molar-refractivity contribution in [2.24, 2.45) is 0 Å². The van der Waals surface area contributed by atoms with Crippen LogP contribution in [0.5, 0.6) is 5.75 Å². The Hall–Kier alpha value is -2.22. The smallest absolute Gasteiger partial charge is 0.343 e. The predicted molar refractivity (Wildman–Crippen MR) is 53.1 cm³/mol. The molecule has 5 heteroatoms. The number of rotatable bonds is 3. The van der Waals surface area contributed by atoms with Gasteiger partial charge in [-0.15, -0.1) is 0 Å². The fourth-order valence-corrected chi connectivity index (χ4v) is 0.956. The summed E-state index contributed by atoms with van der Waals surface area (Å²) in [6.45, 7) is -0.227. The molecule has 0 fully saturated rings. The first-order valence-corrected chi connectivity index (χ1v) is 4.16. The van der Waals surface area contributed by atoms with E-state index >= 15 is 0 Å². The highest BCUT2D eigenvalue weighted by atomic mass is 16.6. The number of nitrogens with zero attached hydrogens (tertiary/aromatic N) is 1. The summed E-state index contributed by atoms with van der Waals surface area (Å²) >= 11 is 0. The molecular weight excluding hydrogens is 196 g/mol. The van der Waals surface area contributed by atoms with E-state index in [1.54, 1.807) is 6.07 Å². The quantitative estimate of drug-likeness (QED) is 0.581. The third-order valence-corrected chi connectivity index (χ3v) is 1.70. The van der Waals surface area contributed by atoms with Crippen molar-refractivity contribution in [3.63, 3.8) is 0 Å². The number of hydrogen-bond acceptors (Lipinski definition) is 5. The van der Waals surface area contributed by atoms with Gasteiger partial charge >= 0.3 is 5.97 Å². The Morgan fingerprint density at radius 3 is 2.93 bits per heavy atom. The standard InChI is InChI=1S/C10H10N2O3/c1-14-10(13)6-15-9-3-2-8(12)4-7(9)5-11/h2-4H,6,12H2,1H3. The van der Waals surface area contributed by atoms with Crippen molar-refractivity contribution < 1.29 is 14.3 Å². The van der Waals surface area contributed by atoms with Gasteiger partial charge in [-0.1, -0.05) is 0 Å². The summed E-state index contributed by atoms with van der Waals surface area (Å²) in [5.41, 5.74) is 6.25. The van der Waals surface area contributed by atoms with E-state index in [0.29, 0.717) is 17.0 Å². The number of nitrogens with two attached hydrogens (primary N) is 1. The second kappa shape index (κ2) is 4.86. The monoisotopic (exact) mass is 206 g/mol. The molecule has 5 nitrogen and oxygen atoms in total. The zero-order valence-corrected chi connectivity index (χ0v) is 8.19. The number of methoxy groups -OCH3 is 1. The zero-order chi connectivity index (χ0) is 11.3. The van der Waals surface area contributed by atoms with Gasteiger partial charge in [0.05, 0.1) is 12.7 Å². The van der Waals surface area contributed by atoms with Crippen LogP contribution in [0.25, 0.3) is 0 Å². The van der Waals surface area contributed by atoms with Crippen molar-refractivity contribution in [3.05, 3.63) is 23.8 Å². The van der Waals surface area contributed by atoms with E-state index < -0.39 is 5.97 Å². The van der Waals surface area contributed by atoms with Crippen LogP contribution in [0.2, 0.25) is 0 Å². The molecule has 0 aliphatic rings. The second-order valence-electron chi connectivity index (χ2n) is 2.73. The summed E-state index contributed by atoms with van der Waals surface area (Å²) in [6.07, 6.45) is 0. The van der Waals surface area contributed by atoms with Crippen LogP contribution in [-0.2, 0) is 9.53 Å². The van der Waals surface area contributed by atoms with Gasteiger partial charge in [0.25, 0.3) is 0 Å². The maximum Gasteiger partial charge on any atom is 0.343 e. The van der Waals surface area contributed by atoms with Crippen molar-refractivity contribution in [1.29, 1.82) is 5.26 Å². The topological polar surface area (TPSA) is 85.3 Å². The normalized spacial score (nSPS) is 9.07. The number of carbonyl (C=O) groups excluding carboxylic acids is 1. The largest absolute Gasteiger partial charge is 0.481 e. The Bertz CT molecular complexity index is 410. The number of ether oxygens (including phenoxy) is 2. The van der Waals surface area contributed by atoms with Crippen LogP contribution >= 0.6 is 0 Å². The van der Waals surface area contributed by atoms with Crippen LogP contribution in [0.15, 0.2) is 18.2 Å². The van der Waals surface area contributed by atoms with E-state index in [1.165, 1.54) is 19.2 Å². The summed E-state index contributed by atoms with van der Waals surface area (Å²) in [4.78, 5) is 10.8. The molecule has 0 saturated carbocycles. The van der Waals surface area contributed by atoms with Gasteiger partial charge in [0, 0.05) is 5.69 Å². The zero-order valence-electron chi connectivity index (χ0n) is 8.19. The molecule has 0 aliphatic carbocycles. The molecule has 0 saturated heterocycles. The van der Waals surface area contributed by atoms with Crippen molar-refractivity contribution in [2.45, 2.75) is 0 Å². The molecule has 15 heavy (non-hydrogen) atoms. The Morgan fingerprint density at radius 2 is 2.33 bits per heavy atom. The van der Waals surface area contributed by atoms with Gasteiger partial charge in [0.15, 0.2) is 6.61 Å². The Kier molecular flexibility index (Phi) is 3.52. The lowest BCUT2D eigenvalue weighted by Crippen LogP contribution is -2.13. The SMILES string of the molecule is COC(=O)COc1ccc(N)cc1C#N. The average molecular weight is 206 g/mol. The summed E-state index contributed by atoms with van der Waals surface area (Å²) < 4.78 is 9.48. The van der Waals surface area contributed by atoms with Crippen LogP contribution in [0, 0.1) is 11.3 Å². The van der Waals surface area contributed by atoms with Crippen LogP contribution in [0.4, 0.5) is 5.69 Å². The minimum atomic E-state index is -0.504. The highest BCUT2D eigenvalue weighted by Gasteiger charge is 2.06. The summed E-state index contributed by atoms with van der Waals surface area (Å²) in [5, 5.41) is 8.76. The lowest BCUT2D eigenvalue weighted by atomic mass is 10.2. The van der Waals surface area contributed by atoms with Crippen molar-refractivity contribution in [2.75, 3.05) is 19.5 Å². The predicted octanol–water partition coefficient (Wildman–Crippen LogP) is 0.692. The van der Waals surface area contributed by atoms with E-state index in [1.807, 2.05) is 6.07 Å². The molecule has 0 heterocycles. The summed E-state index contributed by atoms with van der Waals surface area (Å²) in [5.74, 6) is -0.187. The molecule has 1 rings (SSSR count). The van der Waals surface area contributed by atoms with Crippen molar-refractivity contribution >= 4 is 11.7 Å². The van der Waals surface area contributed by atoms with E-state index in [2.05, 4.69) is 4.74 Å². The number of esters is 1. The summed E-state index contributed by atoms with van der Waals surface area (Å²) in [7, 11) is 1.26. The lowest BCUT2D eigenvalue weighted by Gasteiger charge is -2.06. The van der Waals surface area contributed by atoms with Crippen LogP contribution in [-0.4, -0.2) is 19.7 Å². The van der Waals surface area contributed by atoms with Gasteiger partial charge in [0.2, 0.25) is 0 Å². The molecule has 0 aliphatic heterocycles. The van der Waals surface area contributed by atoms with Crippen molar-refractivity contribution in [3.8, 4) is 11.8 Å². The first-order valence-electron chi connectivity index (χ1n) is 4.16. The van der Waals surface area contributed by atoms with Crippen molar-refractivity contribution in [1.82, 2.24) is 0 Å². The minimum Gasteiger partial charge on any atom is -0.481 e. The summed E-state index contributed by atoms with van der Waals surface area (Å²) in [6, 6.07) is 6.53. The van der Waals surface area contributed by atoms with Crippen LogP contribution < -0.4 is 10.5 Å². The van der Waals surface area contributed by atoms with E-state index in [4.69, 9.17) is 15.7 Å². The molecule has 2 N–H and O–H groups in total. The van der Waals surface area contributed by atoms with Crippen LogP contribution in [0.3, 0.4) is 0 Å². The molecule has 1 aromatic rings. The Balaban J connectivity index is 2.77. The van der Waals surface area contributed by atoms with Crippen LogP contribution in [0.1, 0.15) is 5.56 Å². The molecule has 0 bridgehead atoms. The second-order valence-corrected chi connectivity index (χ2v) is 2.73. The van der Waals surface area contributed by atoms with E-state index in [0.717, 1.165) is 0 Å². The first kappa shape index (κ1) is 10.9. The maximum absolute atomic E-state index is 10.8. The van der Waals surface area contributed by atoms with Gasteiger partial charge in [-0.25, -0.2) is 4.79 Å². The molecule has 0 atom stereocenters. The van der Waals surface area contributed by atoms with E-state index in [-0.39, 0.29) is 6.61 Å². The number of hydrogen-bond donors (Lipinski definition) is 1. The molecule has 78 valence electrons. The minimum absolute atomic E-state index is 0.227. The Morgan fingerprint density at radius 1 is 1.60 bits per heavy atom. The number of benzene rings is 1. The highest BCUT2D eigenvalue weighted by molar-refractivity contribution is 5.71. The van der Waals surface area contributed by atoms with Gasteiger partial charge in [-0.05, 0) is 18.2 Å². The molecule has 1 aromatic carbocycles. The Labute approximate surface area is 87.0 Å². The van der Waals surface area contributed by atoms with Gasteiger partial charge in [-0.3, -0.25) is 0 Å².